The molecule has 2 N–H and O–H groups in total. The van der Waals surface area contributed by atoms with Crippen molar-refractivity contribution in [1.82, 2.24) is 19.9 Å². The van der Waals surface area contributed by atoms with Crippen LogP contribution in [0, 0.1) is 5.92 Å². The van der Waals surface area contributed by atoms with Gasteiger partial charge in [-0.3, -0.25) is 4.79 Å². The van der Waals surface area contributed by atoms with Crippen molar-refractivity contribution < 1.29 is 4.79 Å². The van der Waals surface area contributed by atoms with Crippen LogP contribution < -0.4 is 10.6 Å². The average molecular weight is 567 g/mol. The first-order chi connectivity index (χ1) is 17.6. The summed E-state index contributed by atoms with van der Waals surface area (Å²) in [6.07, 6.45) is 7.19. The Bertz CT molecular complexity index is 1340. The van der Waals surface area contributed by atoms with Crippen LogP contribution in [0.1, 0.15) is 43.6 Å². The fourth-order valence-corrected chi connectivity index (χ4v) is 5.66. The standard InChI is InChI=1S/C28H29BrClN5O/c29-22-18-33-35-25(17-24(34-27(22)35)21-13-6-7-14-23(21)30)31-15-8-16-32-28(36)26(20-11-4-5-12-20)19-9-2-1-3-10-19/h1-3,6-7,9-10,13-14,17-18,20,26,31H,4-5,8,11-12,15-16H2,(H,32,36). The lowest BCUT2D eigenvalue weighted by atomic mass is 9.84. The maximum Gasteiger partial charge on any atom is 0.227 e. The van der Waals surface area contributed by atoms with E-state index >= 15 is 0 Å². The van der Waals surface area contributed by atoms with Gasteiger partial charge in [-0.15, -0.1) is 0 Å². The fraction of sp³-hybridized carbons (Fsp3) is 0.321. The van der Waals surface area contributed by atoms with Gasteiger partial charge in [0.05, 0.1) is 22.3 Å². The second-order valence-corrected chi connectivity index (χ2v) is 10.5. The van der Waals surface area contributed by atoms with Crippen LogP contribution in [-0.2, 0) is 4.79 Å². The second-order valence-electron chi connectivity index (χ2n) is 9.24. The van der Waals surface area contributed by atoms with Crippen LogP contribution in [0.4, 0.5) is 5.82 Å². The predicted octanol–water partition coefficient (Wildman–Crippen LogP) is 6.70. The Morgan fingerprint density at radius 1 is 1.08 bits per heavy atom. The van der Waals surface area contributed by atoms with Crippen LogP contribution in [0.25, 0.3) is 16.9 Å². The number of nitrogens with zero attached hydrogens (tertiary/aromatic N) is 3. The minimum atomic E-state index is -0.0684. The number of halogens is 2. The third kappa shape index (κ3) is 5.42. The number of anilines is 1. The molecule has 1 aliphatic rings. The van der Waals surface area contributed by atoms with Gasteiger partial charge in [-0.2, -0.15) is 9.61 Å². The van der Waals surface area contributed by atoms with E-state index in [1.54, 1.807) is 10.7 Å². The maximum atomic E-state index is 13.2. The van der Waals surface area contributed by atoms with Crippen molar-refractivity contribution in [2.24, 2.45) is 5.92 Å². The number of fused-ring (bicyclic) bond motifs is 1. The van der Waals surface area contributed by atoms with Gasteiger partial charge in [-0.05, 0) is 52.7 Å². The fourth-order valence-electron chi connectivity index (χ4n) is 5.08. The monoisotopic (exact) mass is 565 g/mol. The smallest absolute Gasteiger partial charge is 0.227 e. The first-order valence-electron chi connectivity index (χ1n) is 12.5. The summed E-state index contributed by atoms with van der Waals surface area (Å²) in [4.78, 5) is 18.0. The summed E-state index contributed by atoms with van der Waals surface area (Å²) < 4.78 is 2.58. The highest BCUT2D eigenvalue weighted by atomic mass is 79.9. The van der Waals surface area contributed by atoms with Gasteiger partial charge in [-0.25, -0.2) is 4.98 Å². The average Bonchev–Trinajstić information content (AvgIpc) is 3.55. The Balaban J connectivity index is 1.23. The van der Waals surface area contributed by atoms with E-state index in [0.29, 0.717) is 29.7 Å². The predicted molar refractivity (Wildman–Crippen MR) is 148 cm³/mol. The molecule has 5 rings (SSSR count). The lowest BCUT2D eigenvalue weighted by molar-refractivity contribution is -0.123. The summed E-state index contributed by atoms with van der Waals surface area (Å²) in [6.45, 7) is 1.29. The highest BCUT2D eigenvalue weighted by molar-refractivity contribution is 9.10. The summed E-state index contributed by atoms with van der Waals surface area (Å²) >= 11 is 9.97. The molecular weight excluding hydrogens is 538 g/mol. The van der Waals surface area contributed by atoms with Crippen molar-refractivity contribution in [3.8, 4) is 11.3 Å². The van der Waals surface area contributed by atoms with E-state index in [1.807, 2.05) is 48.5 Å². The minimum Gasteiger partial charge on any atom is -0.370 e. The van der Waals surface area contributed by atoms with Crippen molar-refractivity contribution in [3.05, 3.63) is 81.9 Å². The van der Waals surface area contributed by atoms with E-state index in [9.17, 15) is 4.79 Å². The Kier molecular flexibility index (Phi) is 7.87. The Morgan fingerprint density at radius 2 is 1.83 bits per heavy atom. The van der Waals surface area contributed by atoms with Gasteiger partial charge in [0, 0.05) is 29.7 Å². The number of hydrogen-bond donors (Lipinski definition) is 2. The zero-order chi connectivity index (χ0) is 24.9. The van der Waals surface area contributed by atoms with Crippen LogP contribution in [0.15, 0.2) is 71.3 Å². The molecule has 0 bridgehead atoms. The molecule has 2 aromatic heterocycles. The minimum absolute atomic E-state index is 0.0684. The molecule has 0 saturated heterocycles. The highest BCUT2D eigenvalue weighted by Gasteiger charge is 2.31. The molecule has 0 radical (unpaired) electrons. The summed E-state index contributed by atoms with van der Waals surface area (Å²) in [5.41, 5.74) is 3.47. The summed E-state index contributed by atoms with van der Waals surface area (Å²) in [7, 11) is 0. The molecule has 8 heteroatoms. The molecule has 4 aromatic rings. The second kappa shape index (κ2) is 11.4. The van der Waals surface area contributed by atoms with Gasteiger partial charge >= 0.3 is 0 Å². The van der Waals surface area contributed by atoms with Crippen molar-refractivity contribution in [2.45, 2.75) is 38.0 Å². The SMILES string of the molecule is O=C(NCCCNc1cc(-c2ccccc2Cl)nc2c(Br)cnn12)C(c1ccccc1)C1CCCC1. The molecule has 1 atom stereocenters. The Hall–Kier alpha value is -2.90. The van der Waals surface area contributed by atoms with E-state index in [1.165, 1.54) is 12.8 Å². The first-order valence-corrected chi connectivity index (χ1v) is 13.6. The quantitative estimate of drug-likeness (QED) is 0.221. The molecule has 1 saturated carbocycles. The van der Waals surface area contributed by atoms with E-state index in [0.717, 1.165) is 46.4 Å². The van der Waals surface area contributed by atoms with E-state index in [4.69, 9.17) is 16.6 Å². The lowest BCUT2D eigenvalue weighted by Gasteiger charge is -2.23. The molecule has 0 spiro atoms. The van der Waals surface area contributed by atoms with Gasteiger partial charge in [0.25, 0.3) is 0 Å². The molecule has 0 aliphatic heterocycles. The molecule has 186 valence electrons. The van der Waals surface area contributed by atoms with Gasteiger partial charge in [0.2, 0.25) is 5.91 Å². The molecule has 6 nitrogen and oxygen atoms in total. The van der Waals surface area contributed by atoms with Crippen LogP contribution in [0.3, 0.4) is 0 Å². The Labute approximate surface area is 224 Å². The summed E-state index contributed by atoms with van der Waals surface area (Å²) in [6, 6.07) is 19.8. The van der Waals surface area contributed by atoms with Crippen LogP contribution in [-0.4, -0.2) is 33.6 Å². The van der Waals surface area contributed by atoms with E-state index < -0.39 is 0 Å². The number of rotatable bonds is 9. The third-order valence-corrected chi connectivity index (χ3v) is 7.74. The zero-order valence-corrected chi connectivity index (χ0v) is 22.3. The largest absolute Gasteiger partial charge is 0.370 e. The lowest BCUT2D eigenvalue weighted by Crippen LogP contribution is -2.34. The molecular formula is C28H29BrClN5O. The van der Waals surface area contributed by atoms with Crippen molar-refractivity contribution in [1.29, 1.82) is 0 Å². The van der Waals surface area contributed by atoms with Gasteiger partial charge < -0.3 is 10.6 Å². The summed E-state index contributed by atoms with van der Waals surface area (Å²) in [5, 5.41) is 11.7. The van der Waals surface area contributed by atoms with Gasteiger partial charge in [-0.1, -0.05) is 73.0 Å². The van der Waals surface area contributed by atoms with Crippen LogP contribution in [0.5, 0.6) is 0 Å². The van der Waals surface area contributed by atoms with Crippen LogP contribution >= 0.6 is 27.5 Å². The maximum absolute atomic E-state index is 13.2. The molecule has 2 aromatic carbocycles. The highest BCUT2D eigenvalue weighted by Crippen LogP contribution is 2.37. The molecule has 2 heterocycles. The molecule has 1 aliphatic carbocycles. The topological polar surface area (TPSA) is 71.3 Å². The first kappa shape index (κ1) is 24.8. The Morgan fingerprint density at radius 3 is 2.61 bits per heavy atom. The van der Waals surface area contributed by atoms with Crippen LogP contribution in [0.2, 0.25) is 5.02 Å². The van der Waals surface area contributed by atoms with E-state index in [-0.39, 0.29) is 11.8 Å². The number of amides is 1. The summed E-state index contributed by atoms with van der Waals surface area (Å²) in [5.74, 6) is 1.31. The molecule has 1 fully saturated rings. The zero-order valence-electron chi connectivity index (χ0n) is 20.0. The van der Waals surface area contributed by atoms with Gasteiger partial charge in [0.15, 0.2) is 5.65 Å². The molecule has 1 amide bonds. The van der Waals surface area contributed by atoms with E-state index in [2.05, 4.69) is 43.8 Å². The number of aromatic nitrogens is 3. The van der Waals surface area contributed by atoms with Crippen molar-refractivity contribution in [2.75, 3.05) is 18.4 Å². The number of carbonyl (C=O) groups excluding carboxylic acids is 1. The van der Waals surface area contributed by atoms with Crippen molar-refractivity contribution >= 4 is 44.9 Å². The van der Waals surface area contributed by atoms with Crippen molar-refractivity contribution in [3.63, 3.8) is 0 Å². The van der Waals surface area contributed by atoms with Gasteiger partial charge in [0.1, 0.15) is 5.82 Å². The number of carbonyl (C=O) groups is 1. The normalized spacial score (nSPS) is 14.7. The molecule has 1 unspecified atom stereocenters. The third-order valence-electron chi connectivity index (χ3n) is 6.85. The number of hydrogen-bond acceptors (Lipinski definition) is 4. The number of benzene rings is 2. The number of nitrogens with one attached hydrogen (secondary N) is 2. The molecule has 36 heavy (non-hydrogen) atoms.